The van der Waals surface area contributed by atoms with Crippen LogP contribution in [0.4, 0.5) is 0 Å². The summed E-state index contributed by atoms with van der Waals surface area (Å²) in [5.74, 6) is 1.29. The van der Waals surface area contributed by atoms with E-state index in [9.17, 15) is 0 Å². The molecule has 16 heavy (non-hydrogen) atoms. The van der Waals surface area contributed by atoms with Gasteiger partial charge in [-0.25, -0.2) is 0 Å². The fraction of sp³-hybridized carbons (Fsp3) is 0.571. The fourth-order valence-corrected chi connectivity index (χ4v) is 3.22. The second kappa shape index (κ2) is 5.74. The fourth-order valence-electron chi connectivity index (χ4n) is 2.20. The van der Waals surface area contributed by atoms with Crippen LogP contribution < -0.4 is 5.73 Å². The molecule has 88 valence electrons. The highest BCUT2D eigenvalue weighted by molar-refractivity contribution is 7.99. The Morgan fingerprint density at radius 2 is 2.31 bits per heavy atom. The van der Waals surface area contributed by atoms with Crippen LogP contribution in [0.25, 0.3) is 0 Å². The Balaban J connectivity index is 1.95. The van der Waals surface area contributed by atoms with Crippen LogP contribution in [0.5, 0.6) is 0 Å². The Morgan fingerprint density at radius 3 is 3.12 bits per heavy atom. The van der Waals surface area contributed by atoms with Gasteiger partial charge >= 0.3 is 0 Å². The van der Waals surface area contributed by atoms with E-state index < -0.39 is 0 Å². The number of thioether (sulfide) groups is 1. The van der Waals surface area contributed by atoms with Gasteiger partial charge in [0.1, 0.15) is 0 Å². The molecule has 2 N–H and O–H groups in total. The monoisotopic (exact) mass is 235 g/mol. The quantitative estimate of drug-likeness (QED) is 0.865. The molecule has 1 aromatic rings. The van der Waals surface area contributed by atoms with Crippen molar-refractivity contribution >= 4 is 11.8 Å². The molecule has 0 bridgehead atoms. The third-order valence-electron chi connectivity index (χ3n) is 3.10. The Hall–Kier alpha value is -0.470. The van der Waals surface area contributed by atoms with Crippen molar-refractivity contribution in [3.63, 3.8) is 0 Å². The molecule has 1 heterocycles. The van der Waals surface area contributed by atoms with Crippen molar-refractivity contribution in [2.45, 2.75) is 50.0 Å². The van der Waals surface area contributed by atoms with E-state index in [0.717, 1.165) is 6.42 Å². The second-order valence-corrected chi connectivity index (χ2v) is 5.90. The van der Waals surface area contributed by atoms with E-state index in [1.165, 1.54) is 41.9 Å². The molecule has 2 rings (SSSR count). The predicted octanol–water partition coefficient (Wildman–Crippen LogP) is 3.39. The summed E-state index contributed by atoms with van der Waals surface area (Å²) in [7, 11) is 0. The van der Waals surface area contributed by atoms with E-state index in [0.29, 0.717) is 6.04 Å². The van der Waals surface area contributed by atoms with Gasteiger partial charge in [0, 0.05) is 10.9 Å². The smallest absolute Gasteiger partial charge is 0.0104 e. The standard InChI is InChI=1S/C14H21NS/c1-11(15)4-2-5-12-7-8-14-13(10-12)6-3-9-16-14/h7-8,10-11H,2-6,9,15H2,1H3. The van der Waals surface area contributed by atoms with Crippen molar-refractivity contribution in [1.82, 2.24) is 0 Å². The van der Waals surface area contributed by atoms with Crippen molar-refractivity contribution in [3.8, 4) is 0 Å². The van der Waals surface area contributed by atoms with Gasteiger partial charge in [-0.1, -0.05) is 12.1 Å². The van der Waals surface area contributed by atoms with E-state index in [4.69, 9.17) is 5.73 Å². The lowest BCUT2D eigenvalue weighted by Gasteiger charge is -2.16. The summed E-state index contributed by atoms with van der Waals surface area (Å²) in [5.41, 5.74) is 8.82. The molecule has 0 saturated heterocycles. The number of fused-ring (bicyclic) bond motifs is 1. The normalized spacial score (nSPS) is 16.9. The maximum absolute atomic E-state index is 5.76. The van der Waals surface area contributed by atoms with Crippen LogP contribution in [-0.2, 0) is 12.8 Å². The predicted molar refractivity (Wildman–Crippen MR) is 72.1 cm³/mol. The molecule has 1 aliphatic rings. The molecule has 2 heteroatoms. The van der Waals surface area contributed by atoms with Crippen molar-refractivity contribution in [1.29, 1.82) is 0 Å². The molecule has 1 unspecified atom stereocenters. The molecule has 1 aromatic carbocycles. The lowest BCUT2D eigenvalue weighted by atomic mass is 10.0. The number of benzene rings is 1. The minimum Gasteiger partial charge on any atom is -0.328 e. The topological polar surface area (TPSA) is 26.0 Å². The Labute approximate surface area is 103 Å². The lowest BCUT2D eigenvalue weighted by Crippen LogP contribution is -2.14. The van der Waals surface area contributed by atoms with Crippen molar-refractivity contribution in [2.24, 2.45) is 5.73 Å². The van der Waals surface area contributed by atoms with Crippen molar-refractivity contribution < 1.29 is 0 Å². The molecule has 1 atom stereocenters. The number of hydrogen-bond acceptors (Lipinski definition) is 2. The van der Waals surface area contributed by atoms with Crippen LogP contribution in [0.2, 0.25) is 0 Å². The van der Waals surface area contributed by atoms with Crippen molar-refractivity contribution in [2.75, 3.05) is 5.75 Å². The van der Waals surface area contributed by atoms with Gasteiger partial charge in [0.25, 0.3) is 0 Å². The summed E-state index contributed by atoms with van der Waals surface area (Å²) in [4.78, 5) is 1.50. The first kappa shape index (κ1) is 12.0. The van der Waals surface area contributed by atoms with E-state index >= 15 is 0 Å². The zero-order chi connectivity index (χ0) is 11.4. The van der Waals surface area contributed by atoms with Gasteiger partial charge in [0.15, 0.2) is 0 Å². The molecule has 0 radical (unpaired) electrons. The average molecular weight is 235 g/mol. The van der Waals surface area contributed by atoms with Crippen LogP contribution in [0.15, 0.2) is 23.1 Å². The minimum absolute atomic E-state index is 0.341. The number of nitrogens with two attached hydrogens (primary N) is 1. The Kier molecular flexibility index (Phi) is 4.30. The summed E-state index contributed by atoms with van der Waals surface area (Å²) in [6.45, 7) is 2.09. The first-order valence-corrected chi connectivity index (χ1v) is 7.24. The molecular formula is C14H21NS. The Bertz CT molecular complexity index is 347. The minimum atomic E-state index is 0.341. The summed E-state index contributed by atoms with van der Waals surface area (Å²) in [5, 5.41) is 0. The molecule has 0 spiro atoms. The lowest BCUT2D eigenvalue weighted by molar-refractivity contribution is 0.624. The van der Waals surface area contributed by atoms with E-state index in [1.54, 1.807) is 5.56 Å². The molecule has 1 aliphatic heterocycles. The largest absolute Gasteiger partial charge is 0.328 e. The number of hydrogen-bond donors (Lipinski definition) is 1. The molecule has 1 nitrogen and oxygen atoms in total. The molecule has 0 aliphatic carbocycles. The van der Waals surface area contributed by atoms with Crippen molar-refractivity contribution in [3.05, 3.63) is 29.3 Å². The van der Waals surface area contributed by atoms with Gasteiger partial charge in [-0.05, 0) is 62.0 Å². The number of aryl methyl sites for hydroxylation is 2. The van der Waals surface area contributed by atoms with Gasteiger partial charge in [-0.3, -0.25) is 0 Å². The van der Waals surface area contributed by atoms with E-state index in [-0.39, 0.29) is 0 Å². The van der Waals surface area contributed by atoms with Gasteiger partial charge in [0.05, 0.1) is 0 Å². The van der Waals surface area contributed by atoms with Gasteiger partial charge in [-0.2, -0.15) is 0 Å². The highest BCUT2D eigenvalue weighted by Crippen LogP contribution is 2.30. The summed E-state index contributed by atoms with van der Waals surface area (Å²) < 4.78 is 0. The molecule has 0 aromatic heterocycles. The maximum atomic E-state index is 5.76. The third kappa shape index (κ3) is 3.26. The van der Waals surface area contributed by atoms with E-state index in [1.807, 2.05) is 11.8 Å². The first-order chi connectivity index (χ1) is 7.75. The van der Waals surface area contributed by atoms with Crippen LogP contribution in [0.3, 0.4) is 0 Å². The zero-order valence-corrected chi connectivity index (χ0v) is 10.9. The molecule has 0 amide bonds. The second-order valence-electron chi connectivity index (χ2n) is 4.76. The molecule has 0 saturated carbocycles. The number of rotatable bonds is 4. The van der Waals surface area contributed by atoms with Gasteiger partial charge in [0.2, 0.25) is 0 Å². The van der Waals surface area contributed by atoms with E-state index in [2.05, 4.69) is 25.1 Å². The van der Waals surface area contributed by atoms with Crippen LogP contribution in [-0.4, -0.2) is 11.8 Å². The zero-order valence-electron chi connectivity index (χ0n) is 10.0. The van der Waals surface area contributed by atoms with Crippen LogP contribution >= 0.6 is 11.8 Å². The summed E-state index contributed by atoms with van der Waals surface area (Å²) in [6.07, 6.45) is 6.12. The summed E-state index contributed by atoms with van der Waals surface area (Å²) in [6, 6.07) is 7.34. The maximum Gasteiger partial charge on any atom is 0.0104 e. The van der Waals surface area contributed by atoms with Crippen LogP contribution in [0, 0.1) is 0 Å². The first-order valence-electron chi connectivity index (χ1n) is 6.26. The molecule has 0 fully saturated rings. The third-order valence-corrected chi connectivity index (χ3v) is 4.30. The van der Waals surface area contributed by atoms with Gasteiger partial charge < -0.3 is 5.73 Å². The highest BCUT2D eigenvalue weighted by Gasteiger charge is 2.09. The van der Waals surface area contributed by atoms with Crippen LogP contribution in [0.1, 0.15) is 37.3 Å². The Morgan fingerprint density at radius 1 is 1.44 bits per heavy atom. The highest BCUT2D eigenvalue weighted by atomic mass is 32.2. The average Bonchev–Trinajstić information content (AvgIpc) is 2.28. The molecular weight excluding hydrogens is 214 g/mol. The van der Waals surface area contributed by atoms with Gasteiger partial charge in [-0.15, -0.1) is 11.8 Å². The SMILES string of the molecule is CC(N)CCCc1ccc2c(c1)CCCS2. The summed E-state index contributed by atoms with van der Waals surface area (Å²) >= 11 is 2.01.